The minimum absolute atomic E-state index is 0.0197. The predicted molar refractivity (Wildman–Crippen MR) is 125 cm³/mol. The molecule has 176 valence electrons. The quantitative estimate of drug-likeness (QED) is 0.545. The third kappa shape index (κ3) is 5.08. The number of halogens is 1. The predicted octanol–water partition coefficient (Wildman–Crippen LogP) is 2.41. The van der Waals surface area contributed by atoms with E-state index >= 15 is 0 Å². The summed E-state index contributed by atoms with van der Waals surface area (Å²) < 4.78 is 41.4. The highest BCUT2D eigenvalue weighted by atomic mass is 32.2. The first kappa shape index (κ1) is 23.4. The van der Waals surface area contributed by atoms with Crippen LogP contribution in [-0.2, 0) is 10.0 Å². The van der Waals surface area contributed by atoms with Gasteiger partial charge in [0.05, 0.1) is 10.5 Å². The largest absolute Gasteiger partial charge is 0.369 e. The number of anilines is 1. The summed E-state index contributed by atoms with van der Waals surface area (Å²) in [6.07, 6.45) is 0. The molecule has 10 heteroatoms. The van der Waals surface area contributed by atoms with Crippen LogP contribution in [0.15, 0.2) is 83.8 Å². The van der Waals surface area contributed by atoms with Crippen molar-refractivity contribution in [2.75, 3.05) is 31.1 Å². The summed E-state index contributed by atoms with van der Waals surface area (Å²) in [5.74, 6) is -2.28. The van der Waals surface area contributed by atoms with Crippen molar-refractivity contribution in [1.82, 2.24) is 15.2 Å². The van der Waals surface area contributed by atoms with Crippen molar-refractivity contribution >= 4 is 27.5 Å². The Hall–Kier alpha value is -3.76. The first-order chi connectivity index (χ1) is 16.4. The zero-order valence-electron chi connectivity index (χ0n) is 18.1. The molecule has 0 spiro atoms. The second-order valence-corrected chi connectivity index (χ2v) is 9.58. The monoisotopic (exact) mass is 482 g/mol. The molecule has 0 saturated carbocycles. The standard InChI is InChI=1S/C24H23FN4O4S/c25-22-12-5-4-11-21(22)24(31)27-26-23(30)18-7-6-10-20(17-18)34(32,33)29-15-13-28(14-16-29)19-8-2-1-3-9-19/h1-12,17H,13-16H2,(H,26,30)(H,27,31). The number of hydrogen-bond donors (Lipinski definition) is 2. The number of hydrogen-bond acceptors (Lipinski definition) is 5. The number of piperazine rings is 1. The van der Waals surface area contributed by atoms with Crippen LogP contribution in [-0.4, -0.2) is 50.7 Å². The molecule has 1 fully saturated rings. The number of para-hydroxylation sites is 1. The molecule has 0 radical (unpaired) electrons. The van der Waals surface area contributed by atoms with Gasteiger partial charge in [0.25, 0.3) is 11.8 Å². The molecular formula is C24H23FN4O4S. The van der Waals surface area contributed by atoms with Crippen molar-refractivity contribution in [3.8, 4) is 0 Å². The van der Waals surface area contributed by atoms with Gasteiger partial charge in [-0.15, -0.1) is 0 Å². The Labute approximate surface area is 197 Å². The maximum Gasteiger partial charge on any atom is 0.272 e. The van der Waals surface area contributed by atoms with Crippen molar-refractivity contribution in [2.45, 2.75) is 4.90 Å². The molecule has 1 saturated heterocycles. The van der Waals surface area contributed by atoms with Gasteiger partial charge in [-0.2, -0.15) is 4.31 Å². The van der Waals surface area contributed by atoms with Gasteiger partial charge in [0.1, 0.15) is 5.82 Å². The van der Waals surface area contributed by atoms with Crippen LogP contribution in [0, 0.1) is 5.82 Å². The molecule has 1 heterocycles. The molecule has 2 N–H and O–H groups in total. The summed E-state index contributed by atoms with van der Waals surface area (Å²) in [4.78, 5) is 26.7. The van der Waals surface area contributed by atoms with Crippen molar-refractivity contribution in [1.29, 1.82) is 0 Å². The Morgan fingerprint density at radius 1 is 0.765 bits per heavy atom. The molecule has 1 aliphatic heterocycles. The van der Waals surface area contributed by atoms with Gasteiger partial charge in [-0.05, 0) is 42.5 Å². The van der Waals surface area contributed by atoms with Crippen molar-refractivity contribution in [3.05, 3.63) is 95.8 Å². The highest BCUT2D eigenvalue weighted by molar-refractivity contribution is 7.89. The summed E-state index contributed by atoms with van der Waals surface area (Å²) in [6.45, 7) is 1.72. The third-order valence-electron chi connectivity index (χ3n) is 5.50. The number of rotatable bonds is 5. The van der Waals surface area contributed by atoms with Crippen LogP contribution in [0.5, 0.6) is 0 Å². The average Bonchev–Trinajstić information content (AvgIpc) is 2.88. The van der Waals surface area contributed by atoms with Crippen LogP contribution in [0.1, 0.15) is 20.7 Å². The van der Waals surface area contributed by atoms with Crippen LogP contribution >= 0.6 is 0 Å². The maximum absolute atomic E-state index is 13.7. The van der Waals surface area contributed by atoms with Crippen LogP contribution in [0.4, 0.5) is 10.1 Å². The van der Waals surface area contributed by atoms with Crippen molar-refractivity contribution < 1.29 is 22.4 Å². The number of benzene rings is 3. The molecule has 0 bridgehead atoms. The van der Waals surface area contributed by atoms with E-state index in [1.807, 2.05) is 30.3 Å². The number of amides is 2. The lowest BCUT2D eigenvalue weighted by Crippen LogP contribution is -2.48. The van der Waals surface area contributed by atoms with Crippen LogP contribution in [0.3, 0.4) is 0 Å². The Bertz CT molecular complexity index is 1290. The highest BCUT2D eigenvalue weighted by Crippen LogP contribution is 2.21. The number of nitrogens with one attached hydrogen (secondary N) is 2. The highest BCUT2D eigenvalue weighted by Gasteiger charge is 2.29. The van der Waals surface area contributed by atoms with E-state index in [4.69, 9.17) is 0 Å². The number of sulfonamides is 1. The fraction of sp³-hybridized carbons (Fsp3) is 0.167. The van der Waals surface area contributed by atoms with Gasteiger partial charge in [-0.1, -0.05) is 36.4 Å². The molecule has 4 rings (SSSR count). The van der Waals surface area contributed by atoms with Crippen LogP contribution in [0.25, 0.3) is 0 Å². The SMILES string of the molecule is O=C(NNC(=O)c1ccccc1F)c1cccc(S(=O)(=O)N2CCN(c3ccccc3)CC2)c1. The lowest BCUT2D eigenvalue weighted by atomic mass is 10.2. The fourth-order valence-electron chi connectivity index (χ4n) is 3.67. The molecule has 0 unspecified atom stereocenters. The molecule has 8 nitrogen and oxygen atoms in total. The Morgan fingerprint density at radius 2 is 1.41 bits per heavy atom. The molecule has 3 aromatic carbocycles. The van der Waals surface area contributed by atoms with Gasteiger partial charge in [0.2, 0.25) is 10.0 Å². The van der Waals surface area contributed by atoms with E-state index in [1.165, 1.54) is 46.8 Å². The smallest absolute Gasteiger partial charge is 0.272 e. The zero-order chi connectivity index (χ0) is 24.1. The maximum atomic E-state index is 13.7. The Balaban J connectivity index is 1.40. The van der Waals surface area contributed by atoms with Gasteiger partial charge in [0, 0.05) is 37.4 Å². The van der Waals surface area contributed by atoms with Gasteiger partial charge >= 0.3 is 0 Å². The molecule has 34 heavy (non-hydrogen) atoms. The molecule has 2 amide bonds. The number of carbonyl (C=O) groups excluding carboxylic acids is 2. The minimum Gasteiger partial charge on any atom is -0.369 e. The van der Waals surface area contributed by atoms with E-state index in [0.717, 1.165) is 11.8 Å². The number of hydrazine groups is 1. The third-order valence-corrected chi connectivity index (χ3v) is 7.40. The molecule has 3 aromatic rings. The number of nitrogens with zero attached hydrogens (tertiary/aromatic N) is 2. The van der Waals surface area contributed by atoms with E-state index in [-0.39, 0.29) is 16.0 Å². The van der Waals surface area contributed by atoms with E-state index in [1.54, 1.807) is 0 Å². The van der Waals surface area contributed by atoms with Gasteiger partial charge in [0.15, 0.2) is 0 Å². The summed E-state index contributed by atoms with van der Waals surface area (Å²) in [7, 11) is -3.81. The topological polar surface area (TPSA) is 98.8 Å². The minimum atomic E-state index is -3.81. The lowest BCUT2D eigenvalue weighted by molar-refractivity contribution is 0.0844. The molecule has 0 atom stereocenters. The Morgan fingerprint density at radius 3 is 2.12 bits per heavy atom. The molecule has 0 aromatic heterocycles. The fourth-order valence-corrected chi connectivity index (χ4v) is 5.14. The van der Waals surface area contributed by atoms with Crippen molar-refractivity contribution in [2.24, 2.45) is 0 Å². The second-order valence-electron chi connectivity index (χ2n) is 7.64. The lowest BCUT2D eigenvalue weighted by Gasteiger charge is -2.35. The van der Waals surface area contributed by atoms with E-state index in [0.29, 0.717) is 26.2 Å². The second kappa shape index (κ2) is 10.0. The van der Waals surface area contributed by atoms with Gasteiger partial charge in [-0.25, -0.2) is 12.8 Å². The van der Waals surface area contributed by atoms with E-state index < -0.39 is 27.7 Å². The first-order valence-corrected chi connectivity index (χ1v) is 12.1. The molecular weight excluding hydrogens is 459 g/mol. The van der Waals surface area contributed by atoms with Crippen molar-refractivity contribution in [3.63, 3.8) is 0 Å². The summed E-state index contributed by atoms with van der Waals surface area (Å²) >= 11 is 0. The summed E-state index contributed by atoms with van der Waals surface area (Å²) in [6, 6.07) is 20.7. The van der Waals surface area contributed by atoms with Gasteiger partial charge in [-0.3, -0.25) is 20.4 Å². The summed E-state index contributed by atoms with van der Waals surface area (Å²) in [5.41, 5.74) is 5.17. The van der Waals surface area contributed by atoms with Crippen LogP contribution in [0.2, 0.25) is 0 Å². The summed E-state index contributed by atoms with van der Waals surface area (Å²) in [5, 5.41) is 0. The first-order valence-electron chi connectivity index (χ1n) is 10.6. The van der Waals surface area contributed by atoms with Crippen LogP contribution < -0.4 is 15.8 Å². The van der Waals surface area contributed by atoms with E-state index in [2.05, 4.69) is 15.8 Å². The average molecular weight is 483 g/mol. The normalized spacial score (nSPS) is 14.4. The van der Waals surface area contributed by atoms with E-state index in [9.17, 15) is 22.4 Å². The number of carbonyl (C=O) groups is 2. The Kier molecular flexibility index (Phi) is 6.90. The zero-order valence-corrected chi connectivity index (χ0v) is 19.0. The van der Waals surface area contributed by atoms with Gasteiger partial charge < -0.3 is 4.90 Å². The molecule has 1 aliphatic rings. The molecule has 0 aliphatic carbocycles.